The quantitative estimate of drug-likeness (QED) is 0.849. The maximum Gasteiger partial charge on any atom is 0.232 e. The van der Waals surface area contributed by atoms with E-state index < -0.39 is 0 Å². The van der Waals surface area contributed by atoms with Crippen LogP contribution in [-0.4, -0.2) is 35.6 Å². The van der Waals surface area contributed by atoms with Crippen LogP contribution in [0.1, 0.15) is 12.8 Å². The highest BCUT2D eigenvalue weighted by Gasteiger charge is 2.25. The minimum atomic E-state index is -0.262. The van der Waals surface area contributed by atoms with E-state index in [2.05, 4.69) is 0 Å². The van der Waals surface area contributed by atoms with Crippen molar-refractivity contribution in [1.29, 1.82) is 0 Å². The van der Waals surface area contributed by atoms with Gasteiger partial charge in [0, 0.05) is 34.3 Å². The zero-order valence-corrected chi connectivity index (χ0v) is 14.8. The van der Waals surface area contributed by atoms with Crippen LogP contribution in [0.5, 0.6) is 0 Å². The Hall–Kier alpha value is -1.72. The van der Waals surface area contributed by atoms with E-state index in [0.29, 0.717) is 36.7 Å². The smallest absolute Gasteiger partial charge is 0.232 e. The van der Waals surface area contributed by atoms with Gasteiger partial charge in [-0.3, -0.25) is 9.59 Å². The van der Waals surface area contributed by atoms with Gasteiger partial charge < -0.3 is 10.6 Å². The summed E-state index contributed by atoms with van der Waals surface area (Å²) in [5, 5.41) is 2.76. The van der Waals surface area contributed by atoms with Crippen LogP contribution in [-0.2, 0) is 9.59 Å². The van der Waals surface area contributed by atoms with Crippen LogP contribution in [0.25, 0.3) is 10.8 Å². The number of primary amides is 1. The molecule has 2 aromatic rings. The summed E-state index contributed by atoms with van der Waals surface area (Å²) in [5.74, 6) is 0.0957. The lowest BCUT2D eigenvalue weighted by Gasteiger charge is -2.30. The van der Waals surface area contributed by atoms with Gasteiger partial charge in [-0.15, -0.1) is 11.8 Å². The maximum absolute atomic E-state index is 12.4. The lowest BCUT2D eigenvalue weighted by molar-refractivity contribution is -0.132. The topological polar surface area (TPSA) is 63.4 Å². The normalized spacial score (nSPS) is 15.6. The predicted molar refractivity (Wildman–Crippen MR) is 98.2 cm³/mol. The fourth-order valence-electron chi connectivity index (χ4n) is 3.03. The van der Waals surface area contributed by atoms with Gasteiger partial charge in [-0.2, -0.15) is 0 Å². The Labute approximate surface area is 150 Å². The van der Waals surface area contributed by atoms with Gasteiger partial charge >= 0.3 is 0 Å². The Morgan fingerprint density at radius 2 is 1.83 bits per heavy atom. The average molecular weight is 363 g/mol. The van der Waals surface area contributed by atoms with Gasteiger partial charge in [0.05, 0.1) is 5.75 Å². The molecule has 1 aliphatic rings. The number of nitrogens with two attached hydrogens (primary N) is 1. The van der Waals surface area contributed by atoms with Crippen LogP contribution in [0, 0.1) is 5.92 Å². The van der Waals surface area contributed by atoms with Crippen molar-refractivity contribution in [3.05, 3.63) is 41.4 Å². The molecule has 0 aromatic heterocycles. The highest BCUT2D eigenvalue weighted by atomic mass is 35.5. The van der Waals surface area contributed by atoms with Gasteiger partial charge in [0.25, 0.3) is 0 Å². The number of hydrogen-bond acceptors (Lipinski definition) is 3. The molecule has 0 saturated carbocycles. The van der Waals surface area contributed by atoms with Gasteiger partial charge in [-0.1, -0.05) is 35.9 Å². The van der Waals surface area contributed by atoms with Crippen molar-refractivity contribution in [2.75, 3.05) is 18.8 Å². The van der Waals surface area contributed by atoms with Crippen molar-refractivity contribution >= 4 is 45.9 Å². The molecule has 0 aliphatic carbocycles. The van der Waals surface area contributed by atoms with Crippen molar-refractivity contribution in [2.24, 2.45) is 11.7 Å². The first-order chi connectivity index (χ1) is 11.6. The molecule has 1 saturated heterocycles. The van der Waals surface area contributed by atoms with E-state index in [9.17, 15) is 9.59 Å². The molecule has 0 bridgehead atoms. The van der Waals surface area contributed by atoms with E-state index >= 15 is 0 Å². The SMILES string of the molecule is NC(=O)C1CCN(C(=O)CSc2cccc3cccc(Cl)c23)CC1. The second-order valence-electron chi connectivity index (χ2n) is 5.94. The number of nitrogens with zero attached hydrogens (tertiary/aromatic N) is 1. The number of hydrogen-bond donors (Lipinski definition) is 1. The standard InChI is InChI=1S/C18H19ClN2O2S/c19-14-5-1-3-12-4-2-6-15(17(12)14)24-11-16(22)21-9-7-13(8-10-21)18(20)23/h1-6,13H,7-11H2,(H2,20,23). The minimum absolute atomic E-state index is 0.0898. The fraction of sp³-hybridized carbons (Fsp3) is 0.333. The highest BCUT2D eigenvalue weighted by Crippen LogP contribution is 2.33. The molecule has 3 rings (SSSR count). The molecule has 2 N–H and O–H groups in total. The summed E-state index contributed by atoms with van der Waals surface area (Å²) in [6.07, 6.45) is 1.32. The molecule has 1 aliphatic heterocycles. The van der Waals surface area contributed by atoms with Crippen LogP contribution < -0.4 is 5.73 Å². The number of rotatable bonds is 4. The zero-order chi connectivity index (χ0) is 17.1. The zero-order valence-electron chi connectivity index (χ0n) is 13.2. The minimum Gasteiger partial charge on any atom is -0.369 e. The Morgan fingerprint density at radius 3 is 2.50 bits per heavy atom. The predicted octanol–water partition coefficient (Wildman–Crippen LogP) is 3.31. The van der Waals surface area contributed by atoms with Gasteiger partial charge in [0.1, 0.15) is 0 Å². The van der Waals surface area contributed by atoms with Crippen LogP contribution in [0.2, 0.25) is 5.02 Å². The molecule has 2 amide bonds. The van der Waals surface area contributed by atoms with E-state index in [1.54, 1.807) is 0 Å². The highest BCUT2D eigenvalue weighted by molar-refractivity contribution is 8.00. The largest absolute Gasteiger partial charge is 0.369 e. The molecular formula is C18H19ClN2O2S. The van der Waals surface area contributed by atoms with E-state index in [0.717, 1.165) is 15.7 Å². The van der Waals surface area contributed by atoms with Gasteiger partial charge in [0.15, 0.2) is 0 Å². The van der Waals surface area contributed by atoms with E-state index in [-0.39, 0.29) is 17.7 Å². The summed E-state index contributed by atoms with van der Waals surface area (Å²) in [6, 6.07) is 11.8. The van der Waals surface area contributed by atoms with Crippen LogP contribution in [0.15, 0.2) is 41.3 Å². The lowest BCUT2D eigenvalue weighted by atomic mass is 9.96. The molecule has 0 atom stereocenters. The molecule has 0 radical (unpaired) electrons. The van der Waals surface area contributed by atoms with Gasteiger partial charge in [0.2, 0.25) is 11.8 Å². The van der Waals surface area contributed by atoms with Crippen molar-refractivity contribution in [1.82, 2.24) is 4.90 Å². The number of piperidine rings is 1. The summed E-state index contributed by atoms with van der Waals surface area (Å²) in [6.45, 7) is 1.20. The first-order valence-corrected chi connectivity index (χ1v) is 9.30. The number of amides is 2. The first kappa shape index (κ1) is 17.1. The average Bonchev–Trinajstić information content (AvgIpc) is 2.60. The summed E-state index contributed by atoms with van der Waals surface area (Å²) in [7, 11) is 0. The molecule has 0 unspecified atom stereocenters. The maximum atomic E-state index is 12.4. The number of thioether (sulfide) groups is 1. The van der Waals surface area contributed by atoms with E-state index in [1.807, 2.05) is 41.3 Å². The second-order valence-corrected chi connectivity index (χ2v) is 7.36. The van der Waals surface area contributed by atoms with E-state index in [1.165, 1.54) is 11.8 Å². The monoisotopic (exact) mass is 362 g/mol. The number of carbonyl (C=O) groups excluding carboxylic acids is 2. The third-order valence-corrected chi connectivity index (χ3v) is 5.77. The van der Waals surface area contributed by atoms with Crippen molar-refractivity contribution in [3.63, 3.8) is 0 Å². The first-order valence-electron chi connectivity index (χ1n) is 7.93. The third kappa shape index (κ3) is 3.68. The van der Waals surface area contributed by atoms with Gasteiger partial charge in [-0.25, -0.2) is 0 Å². The molecular weight excluding hydrogens is 344 g/mol. The Kier molecular flexibility index (Phi) is 5.31. The number of halogens is 1. The molecule has 1 fully saturated rings. The number of benzene rings is 2. The summed E-state index contributed by atoms with van der Waals surface area (Å²) in [5.41, 5.74) is 5.33. The van der Waals surface area contributed by atoms with Crippen LogP contribution >= 0.6 is 23.4 Å². The van der Waals surface area contributed by atoms with E-state index in [4.69, 9.17) is 17.3 Å². The van der Waals surface area contributed by atoms with Crippen molar-refractivity contribution in [3.8, 4) is 0 Å². The molecule has 126 valence electrons. The number of fused-ring (bicyclic) bond motifs is 1. The van der Waals surface area contributed by atoms with Crippen LogP contribution in [0.3, 0.4) is 0 Å². The molecule has 6 heteroatoms. The Morgan fingerprint density at radius 1 is 1.17 bits per heavy atom. The summed E-state index contributed by atoms with van der Waals surface area (Å²) < 4.78 is 0. The molecule has 1 heterocycles. The molecule has 4 nitrogen and oxygen atoms in total. The second kappa shape index (κ2) is 7.45. The van der Waals surface area contributed by atoms with Crippen LogP contribution in [0.4, 0.5) is 0 Å². The lowest BCUT2D eigenvalue weighted by Crippen LogP contribution is -2.42. The number of likely N-dealkylation sites (tertiary alicyclic amines) is 1. The van der Waals surface area contributed by atoms with Gasteiger partial charge in [-0.05, 0) is 30.4 Å². The molecule has 2 aromatic carbocycles. The third-order valence-electron chi connectivity index (χ3n) is 4.42. The van der Waals surface area contributed by atoms with Crippen molar-refractivity contribution in [2.45, 2.75) is 17.7 Å². The summed E-state index contributed by atoms with van der Waals surface area (Å²) in [4.78, 5) is 26.5. The Balaban J connectivity index is 1.64. The molecule has 0 spiro atoms. The Bertz CT molecular complexity index is 767. The summed E-state index contributed by atoms with van der Waals surface area (Å²) >= 11 is 7.83. The fourth-order valence-corrected chi connectivity index (χ4v) is 4.37. The van der Waals surface area contributed by atoms with Crippen molar-refractivity contribution < 1.29 is 9.59 Å². The molecule has 24 heavy (non-hydrogen) atoms. The number of carbonyl (C=O) groups is 2.